The first kappa shape index (κ1) is 18.4. The number of aliphatic carboxylic acids is 1. The maximum absolute atomic E-state index is 12.9. The fourth-order valence-electron chi connectivity index (χ4n) is 3.04. The van der Waals surface area contributed by atoms with Gasteiger partial charge in [-0.1, -0.05) is 26.8 Å². The number of carbonyl (C=O) groups excluding carboxylic acids is 2. The first-order chi connectivity index (χ1) is 11.3. The molecule has 0 radical (unpaired) electrons. The second kappa shape index (κ2) is 7.79. The number of thiophene rings is 1. The van der Waals surface area contributed by atoms with E-state index in [-0.39, 0.29) is 30.2 Å². The fraction of sp³-hybridized carbons (Fsp3) is 0.588. The van der Waals surface area contributed by atoms with E-state index in [0.717, 1.165) is 0 Å². The summed E-state index contributed by atoms with van der Waals surface area (Å²) in [6.07, 6.45) is 0.576. The Labute approximate surface area is 145 Å². The van der Waals surface area contributed by atoms with Crippen LogP contribution in [0.15, 0.2) is 17.5 Å². The zero-order chi connectivity index (χ0) is 17.9. The number of rotatable bonds is 5. The number of amides is 2. The lowest BCUT2D eigenvalue weighted by Crippen LogP contribution is -2.55. The van der Waals surface area contributed by atoms with Gasteiger partial charge < -0.3 is 15.3 Å². The molecule has 1 aromatic rings. The van der Waals surface area contributed by atoms with Gasteiger partial charge in [-0.2, -0.15) is 0 Å². The Morgan fingerprint density at radius 1 is 1.33 bits per heavy atom. The second-order valence-corrected chi connectivity index (χ2v) is 7.74. The highest BCUT2D eigenvalue weighted by Crippen LogP contribution is 2.23. The highest BCUT2D eigenvalue weighted by atomic mass is 32.1. The Morgan fingerprint density at radius 3 is 2.58 bits per heavy atom. The Kier molecular flexibility index (Phi) is 5.99. The monoisotopic (exact) mass is 352 g/mol. The van der Waals surface area contributed by atoms with E-state index < -0.39 is 17.9 Å². The number of likely N-dealkylation sites (tertiary alicyclic amines) is 1. The van der Waals surface area contributed by atoms with Crippen LogP contribution in [0.2, 0.25) is 0 Å². The summed E-state index contributed by atoms with van der Waals surface area (Å²) in [4.78, 5) is 38.6. The number of hydrogen-bond donors (Lipinski definition) is 2. The lowest BCUT2D eigenvalue weighted by atomic mass is 9.89. The van der Waals surface area contributed by atoms with E-state index in [1.807, 2.05) is 26.2 Å². The number of carboxylic acid groups (broad SMARTS) is 1. The first-order valence-electron chi connectivity index (χ1n) is 8.15. The minimum Gasteiger partial charge on any atom is -0.481 e. The highest BCUT2D eigenvalue weighted by Gasteiger charge is 2.36. The van der Waals surface area contributed by atoms with Gasteiger partial charge in [0, 0.05) is 13.1 Å². The van der Waals surface area contributed by atoms with Crippen molar-refractivity contribution in [3.05, 3.63) is 22.4 Å². The van der Waals surface area contributed by atoms with E-state index in [4.69, 9.17) is 0 Å². The number of hydrogen-bond acceptors (Lipinski definition) is 4. The smallest absolute Gasteiger partial charge is 0.308 e. The van der Waals surface area contributed by atoms with Crippen LogP contribution in [0.3, 0.4) is 0 Å². The molecule has 1 saturated heterocycles. The molecule has 1 aliphatic rings. The van der Waals surface area contributed by atoms with Gasteiger partial charge in [0.25, 0.3) is 5.91 Å². The third-order valence-electron chi connectivity index (χ3n) is 4.28. The summed E-state index contributed by atoms with van der Waals surface area (Å²) >= 11 is 1.32. The fourth-order valence-corrected chi connectivity index (χ4v) is 3.67. The van der Waals surface area contributed by atoms with Crippen LogP contribution >= 0.6 is 11.3 Å². The van der Waals surface area contributed by atoms with Crippen LogP contribution in [-0.2, 0) is 9.59 Å². The Hall–Kier alpha value is -1.89. The molecule has 1 fully saturated rings. The summed E-state index contributed by atoms with van der Waals surface area (Å²) in [5.41, 5.74) is 0. The summed E-state index contributed by atoms with van der Waals surface area (Å²) in [6, 6.07) is 2.85. The van der Waals surface area contributed by atoms with Crippen molar-refractivity contribution in [3.8, 4) is 0 Å². The normalized spacial score (nSPS) is 22.2. The molecule has 1 aromatic heterocycles. The number of piperidine rings is 1. The van der Waals surface area contributed by atoms with Crippen molar-refractivity contribution in [2.24, 2.45) is 17.8 Å². The zero-order valence-corrected chi connectivity index (χ0v) is 15.0. The van der Waals surface area contributed by atoms with Crippen molar-refractivity contribution in [1.82, 2.24) is 10.2 Å². The van der Waals surface area contributed by atoms with E-state index in [9.17, 15) is 19.5 Å². The molecule has 1 aliphatic heterocycles. The van der Waals surface area contributed by atoms with Gasteiger partial charge in [0.15, 0.2) is 0 Å². The van der Waals surface area contributed by atoms with Crippen LogP contribution in [0.25, 0.3) is 0 Å². The molecule has 2 heterocycles. The molecule has 0 spiro atoms. The van der Waals surface area contributed by atoms with Crippen molar-refractivity contribution in [1.29, 1.82) is 0 Å². The van der Waals surface area contributed by atoms with Gasteiger partial charge in [-0.3, -0.25) is 14.4 Å². The lowest BCUT2D eigenvalue weighted by molar-refractivity contribution is -0.147. The van der Waals surface area contributed by atoms with Gasteiger partial charge in [0.2, 0.25) is 5.91 Å². The summed E-state index contributed by atoms with van der Waals surface area (Å²) in [5.74, 6) is -1.84. The van der Waals surface area contributed by atoms with Gasteiger partial charge in [-0.15, -0.1) is 11.3 Å². The van der Waals surface area contributed by atoms with Crippen molar-refractivity contribution in [3.63, 3.8) is 0 Å². The molecule has 2 amide bonds. The van der Waals surface area contributed by atoms with Crippen molar-refractivity contribution in [2.45, 2.75) is 33.2 Å². The third-order valence-corrected chi connectivity index (χ3v) is 5.15. The number of carboxylic acids is 1. The highest BCUT2D eigenvalue weighted by molar-refractivity contribution is 7.12. The summed E-state index contributed by atoms with van der Waals surface area (Å²) < 4.78 is 0. The second-order valence-electron chi connectivity index (χ2n) is 6.79. The van der Waals surface area contributed by atoms with Crippen LogP contribution < -0.4 is 5.32 Å². The van der Waals surface area contributed by atoms with Gasteiger partial charge in [0.1, 0.15) is 6.04 Å². The molecule has 0 aliphatic carbocycles. The molecule has 3 unspecified atom stereocenters. The zero-order valence-electron chi connectivity index (χ0n) is 14.2. The minimum atomic E-state index is -0.872. The summed E-state index contributed by atoms with van der Waals surface area (Å²) in [7, 11) is 0. The Bertz CT molecular complexity index is 600. The van der Waals surface area contributed by atoms with Crippen LogP contribution in [0.5, 0.6) is 0 Å². The minimum absolute atomic E-state index is 0.0816. The summed E-state index contributed by atoms with van der Waals surface area (Å²) in [6.45, 7) is 6.43. The molecule has 6 nitrogen and oxygen atoms in total. The van der Waals surface area contributed by atoms with E-state index in [0.29, 0.717) is 17.8 Å². The topological polar surface area (TPSA) is 86.7 Å². The van der Waals surface area contributed by atoms with Crippen LogP contribution in [0.1, 0.15) is 36.9 Å². The van der Waals surface area contributed by atoms with Crippen molar-refractivity contribution in [2.75, 3.05) is 13.1 Å². The van der Waals surface area contributed by atoms with Gasteiger partial charge >= 0.3 is 5.97 Å². The Balaban J connectivity index is 2.10. The SMILES string of the molecule is CC1CC(C(=O)O)CN(C(=O)C(NC(=O)c2cccs2)C(C)C)C1. The summed E-state index contributed by atoms with van der Waals surface area (Å²) in [5, 5.41) is 13.9. The average Bonchev–Trinajstić information content (AvgIpc) is 3.05. The molecule has 2 N–H and O–H groups in total. The van der Waals surface area contributed by atoms with E-state index in [1.54, 1.807) is 17.0 Å². The average molecular weight is 352 g/mol. The molecule has 0 saturated carbocycles. The first-order valence-corrected chi connectivity index (χ1v) is 9.03. The maximum Gasteiger partial charge on any atom is 0.308 e. The van der Waals surface area contributed by atoms with Crippen molar-refractivity contribution < 1.29 is 19.5 Å². The lowest BCUT2D eigenvalue weighted by Gasteiger charge is -2.37. The van der Waals surface area contributed by atoms with E-state index in [1.165, 1.54) is 11.3 Å². The predicted molar refractivity (Wildman–Crippen MR) is 91.9 cm³/mol. The third kappa shape index (κ3) is 4.35. The number of nitrogens with one attached hydrogen (secondary N) is 1. The van der Waals surface area contributed by atoms with Crippen LogP contribution in [0, 0.1) is 17.8 Å². The maximum atomic E-state index is 12.9. The quantitative estimate of drug-likeness (QED) is 0.849. The molecular weight excluding hydrogens is 328 g/mol. The van der Waals surface area contributed by atoms with Crippen molar-refractivity contribution >= 4 is 29.1 Å². The van der Waals surface area contributed by atoms with Gasteiger partial charge in [-0.25, -0.2) is 0 Å². The molecule has 0 aromatic carbocycles. The molecule has 132 valence electrons. The largest absolute Gasteiger partial charge is 0.481 e. The van der Waals surface area contributed by atoms with Crippen LogP contribution in [-0.4, -0.2) is 46.9 Å². The molecule has 0 bridgehead atoms. The standard InChI is InChI=1S/C17H24N2O4S/c1-10(2)14(18-15(20)13-5-4-6-24-13)16(21)19-8-11(3)7-12(9-19)17(22)23/h4-6,10-12,14H,7-9H2,1-3H3,(H,18,20)(H,22,23). The molecule has 7 heteroatoms. The number of carbonyl (C=O) groups is 3. The van der Waals surface area contributed by atoms with Crippen LogP contribution in [0.4, 0.5) is 0 Å². The Morgan fingerprint density at radius 2 is 2.04 bits per heavy atom. The predicted octanol–water partition coefficient (Wildman–Crippen LogP) is 2.07. The van der Waals surface area contributed by atoms with Gasteiger partial charge in [-0.05, 0) is 29.7 Å². The van der Waals surface area contributed by atoms with E-state index in [2.05, 4.69) is 5.32 Å². The van der Waals surface area contributed by atoms with E-state index >= 15 is 0 Å². The molecule has 24 heavy (non-hydrogen) atoms. The molecular formula is C17H24N2O4S. The number of nitrogens with zero attached hydrogens (tertiary/aromatic N) is 1. The molecule has 3 atom stereocenters. The van der Waals surface area contributed by atoms with Gasteiger partial charge in [0.05, 0.1) is 10.8 Å². The molecule has 2 rings (SSSR count).